The van der Waals surface area contributed by atoms with Gasteiger partial charge in [-0.3, -0.25) is 19.1 Å². The molecule has 0 saturated heterocycles. The number of carbonyl (C=O) groups excluding carboxylic acids is 1. The number of aryl methyl sites for hydroxylation is 1. The van der Waals surface area contributed by atoms with Crippen LogP contribution in [0.15, 0.2) is 27.9 Å². The van der Waals surface area contributed by atoms with Crippen molar-refractivity contribution in [2.24, 2.45) is 0 Å². The molecule has 2 heterocycles. The molecule has 1 amide bonds. The van der Waals surface area contributed by atoms with E-state index in [1.54, 1.807) is 19.1 Å². The molecule has 0 radical (unpaired) electrons. The van der Waals surface area contributed by atoms with E-state index in [4.69, 9.17) is 4.74 Å². The lowest BCUT2D eigenvalue weighted by atomic mass is 10.2. The van der Waals surface area contributed by atoms with Crippen molar-refractivity contribution in [2.75, 3.05) is 6.61 Å². The van der Waals surface area contributed by atoms with Gasteiger partial charge in [0.1, 0.15) is 0 Å². The lowest BCUT2D eigenvalue weighted by molar-refractivity contribution is -0.120. The van der Waals surface area contributed by atoms with Crippen LogP contribution in [0.3, 0.4) is 0 Å². The van der Waals surface area contributed by atoms with E-state index < -0.39 is 17.5 Å². The zero-order valence-electron chi connectivity index (χ0n) is 10.7. The molecule has 19 heavy (non-hydrogen) atoms. The fraction of sp³-hybridized carbons (Fsp3) is 0.417. The molecule has 2 atom stereocenters. The zero-order valence-corrected chi connectivity index (χ0v) is 10.7. The molecule has 1 aromatic heterocycles. The van der Waals surface area contributed by atoms with Crippen molar-refractivity contribution in [2.45, 2.75) is 26.1 Å². The van der Waals surface area contributed by atoms with Gasteiger partial charge in [-0.05, 0) is 13.0 Å². The Morgan fingerprint density at radius 2 is 2.21 bits per heavy atom. The van der Waals surface area contributed by atoms with Gasteiger partial charge < -0.3 is 10.1 Å². The highest BCUT2D eigenvalue weighted by atomic mass is 16.5. The number of hydrogen-bond acceptors (Lipinski definition) is 4. The maximum absolute atomic E-state index is 11.7. The van der Waals surface area contributed by atoms with E-state index in [1.807, 2.05) is 0 Å². The highest BCUT2D eigenvalue weighted by molar-refractivity contribution is 5.73. The molecule has 102 valence electrons. The maximum Gasteiger partial charge on any atom is 0.330 e. The molecule has 2 rings (SSSR count). The van der Waals surface area contributed by atoms with Crippen LogP contribution in [-0.4, -0.2) is 28.1 Å². The van der Waals surface area contributed by atoms with Crippen LogP contribution in [-0.2, 0) is 9.53 Å². The summed E-state index contributed by atoms with van der Waals surface area (Å²) in [6, 6.07) is -0.201. The van der Waals surface area contributed by atoms with Gasteiger partial charge in [0, 0.05) is 18.7 Å². The predicted octanol–water partition coefficient (Wildman–Crippen LogP) is -0.565. The number of rotatable bonds is 2. The third-order valence-corrected chi connectivity index (χ3v) is 2.76. The molecule has 1 aromatic rings. The van der Waals surface area contributed by atoms with Crippen molar-refractivity contribution in [1.29, 1.82) is 0 Å². The number of H-pyrrole nitrogens is 1. The standard InChI is InChI=1S/C12H15N3O4/c1-7-5-15(12(18)14-11(7)17)10-4-3-9(6-19-10)13-8(2)16/h3-5,9-10H,6H2,1-2H3,(H,13,16)(H,14,17,18)/t9-,10+/m1/s1. The normalized spacial score (nSPS) is 22.2. The summed E-state index contributed by atoms with van der Waals surface area (Å²) in [4.78, 5) is 36.1. The van der Waals surface area contributed by atoms with Crippen LogP contribution >= 0.6 is 0 Å². The Morgan fingerprint density at radius 1 is 1.47 bits per heavy atom. The van der Waals surface area contributed by atoms with Crippen LogP contribution in [0.2, 0.25) is 0 Å². The molecule has 1 aliphatic rings. The van der Waals surface area contributed by atoms with Gasteiger partial charge in [0.2, 0.25) is 5.91 Å². The van der Waals surface area contributed by atoms with Crippen LogP contribution in [0.4, 0.5) is 0 Å². The molecule has 7 nitrogen and oxygen atoms in total. The smallest absolute Gasteiger partial charge is 0.330 e. The minimum absolute atomic E-state index is 0.145. The average Bonchev–Trinajstić information content (AvgIpc) is 2.34. The second kappa shape index (κ2) is 5.23. The molecular formula is C12H15N3O4. The minimum Gasteiger partial charge on any atom is -0.352 e. The summed E-state index contributed by atoms with van der Waals surface area (Å²) in [6.07, 6.45) is 4.31. The number of ether oxygens (including phenoxy) is 1. The number of hydrogen-bond donors (Lipinski definition) is 2. The molecule has 1 aliphatic heterocycles. The topological polar surface area (TPSA) is 93.2 Å². The second-order valence-electron chi connectivity index (χ2n) is 4.39. The number of nitrogens with zero attached hydrogens (tertiary/aromatic N) is 1. The first-order valence-electron chi connectivity index (χ1n) is 5.86. The SMILES string of the molecule is CC(=O)N[C@@H]1C=C[C@@H](n2cc(C)c(=O)[nH]c2=O)OC1. The molecule has 2 N–H and O–H groups in total. The van der Waals surface area contributed by atoms with Crippen LogP contribution in [0, 0.1) is 6.92 Å². The Hall–Kier alpha value is -2.15. The summed E-state index contributed by atoms with van der Waals surface area (Å²) in [5.41, 5.74) is -0.499. The third-order valence-electron chi connectivity index (χ3n) is 2.76. The summed E-state index contributed by atoms with van der Waals surface area (Å²) in [5, 5.41) is 2.69. The van der Waals surface area contributed by atoms with Crippen molar-refractivity contribution in [1.82, 2.24) is 14.9 Å². The predicted molar refractivity (Wildman–Crippen MR) is 67.8 cm³/mol. The number of aromatic nitrogens is 2. The van der Waals surface area contributed by atoms with Gasteiger partial charge in [0.25, 0.3) is 5.56 Å². The first kappa shape index (κ1) is 13.3. The largest absolute Gasteiger partial charge is 0.352 e. The van der Waals surface area contributed by atoms with Crippen LogP contribution in [0.25, 0.3) is 0 Å². The van der Waals surface area contributed by atoms with Crippen molar-refractivity contribution in [3.05, 3.63) is 44.8 Å². The first-order chi connectivity index (χ1) is 8.97. The molecule has 0 bridgehead atoms. The van der Waals surface area contributed by atoms with Crippen LogP contribution in [0.1, 0.15) is 18.7 Å². The molecule has 7 heteroatoms. The molecular weight excluding hydrogens is 250 g/mol. The summed E-state index contributed by atoms with van der Waals surface area (Å²) in [6.45, 7) is 3.31. The summed E-state index contributed by atoms with van der Waals surface area (Å²) >= 11 is 0. The number of carbonyl (C=O) groups is 1. The molecule has 0 unspecified atom stereocenters. The molecule has 0 aromatic carbocycles. The third kappa shape index (κ3) is 3.00. The molecule has 0 spiro atoms. The average molecular weight is 265 g/mol. The fourth-order valence-corrected chi connectivity index (χ4v) is 1.84. The van der Waals surface area contributed by atoms with Gasteiger partial charge in [0.05, 0.1) is 12.6 Å². The quantitative estimate of drug-likeness (QED) is 0.701. The molecule has 0 fully saturated rings. The molecule has 0 aliphatic carbocycles. The van der Waals surface area contributed by atoms with Crippen molar-refractivity contribution < 1.29 is 9.53 Å². The number of nitrogens with one attached hydrogen (secondary N) is 2. The minimum atomic E-state index is -0.576. The van der Waals surface area contributed by atoms with Gasteiger partial charge in [0.15, 0.2) is 6.23 Å². The summed E-state index contributed by atoms with van der Waals surface area (Å²) in [5.74, 6) is -0.145. The van der Waals surface area contributed by atoms with Crippen molar-refractivity contribution >= 4 is 5.91 Å². The molecule has 0 saturated carbocycles. The lowest BCUT2D eigenvalue weighted by Crippen LogP contribution is -2.40. The van der Waals surface area contributed by atoms with Crippen LogP contribution in [0.5, 0.6) is 0 Å². The Morgan fingerprint density at radius 3 is 2.79 bits per heavy atom. The van der Waals surface area contributed by atoms with Gasteiger partial charge in [-0.25, -0.2) is 4.79 Å². The van der Waals surface area contributed by atoms with Gasteiger partial charge in [-0.1, -0.05) is 6.08 Å². The number of aromatic amines is 1. The van der Waals surface area contributed by atoms with Gasteiger partial charge >= 0.3 is 5.69 Å². The lowest BCUT2D eigenvalue weighted by Gasteiger charge is -2.25. The Labute approximate surface area is 108 Å². The zero-order chi connectivity index (χ0) is 14.0. The van der Waals surface area contributed by atoms with Crippen LogP contribution < -0.4 is 16.6 Å². The Balaban J connectivity index is 2.22. The van der Waals surface area contributed by atoms with Gasteiger partial charge in [-0.15, -0.1) is 0 Å². The van der Waals surface area contributed by atoms with E-state index in [2.05, 4.69) is 10.3 Å². The van der Waals surface area contributed by atoms with E-state index in [-0.39, 0.29) is 18.6 Å². The monoisotopic (exact) mass is 265 g/mol. The fourth-order valence-electron chi connectivity index (χ4n) is 1.84. The first-order valence-corrected chi connectivity index (χ1v) is 5.86. The second-order valence-corrected chi connectivity index (χ2v) is 4.39. The summed E-state index contributed by atoms with van der Waals surface area (Å²) < 4.78 is 6.80. The summed E-state index contributed by atoms with van der Waals surface area (Å²) in [7, 11) is 0. The van der Waals surface area contributed by atoms with E-state index in [0.717, 1.165) is 0 Å². The van der Waals surface area contributed by atoms with Gasteiger partial charge in [-0.2, -0.15) is 0 Å². The Bertz CT molecular complexity index is 629. The van der Waals surface area contributed by atoms with E-state index in [9.17, 15) is 14.4 Å². The van der Waals surface area contributed by atoms with Crippen molar-refractivity contribution in [3.8, 4) is 0 Å². The van der Waals surface area contributed by atoms with E-state index in [1.165, 1.54) is 17.7 Å². The van der Waals surface area contributed by atoms with E-state index in [0.29, 0.717) is 5.56 Å². The highest BCUT2D eigenvalue weighted by Crippen LogP contribution is 2.14. The van der Waals surface area contributed by atoms with E-state index >= 15 is 0 Å². The maximum atomic E-state index is 11.7. The number of amides is 1. The highest BCUT2D eigenvalue weighted by Gasteiger charge is 2.19. The Kier molecular flexibility index (Phi) is 3.66. The van der Waals surface area contributed by atoms with Crippen molar-refractivity contribution in [3.63, 3.8) is 0 Å².